The molecule has 0 bridgehead atoms. The topological polar surface area (TPSA) is 63.6 Å². The summed E-state index contributed by atoms with van der Waals surface area (Å²) in [7, 11) is -1.11. The van der Waals surface area contributed by atoms with Crippen LogP contribution in [-0.2, 0) is 15.5 Å². The first-order valence-corrected chi connectivity index (χ1v) is 6.71. The zero-order chi connectivity index (χ0) is 12.3. The van der Waals surface area contributed by atoms with Crippen LogP contribution in [0.15, 0.2) is 29.2 Å². The molecule has 1 N–H and O–H groups in total. The van der Waals surface area contributed by atoms with E-state index in [2.05, 4.69) is 0 Å². The van der Waals surface area contributed by atoms with Crippen molar-refractivity contribution in [2.45, 2.75) is 23.0 Å². The summed E-state index contributed by atoms with van der Waals surface area (Å²) in [5.74, 6) is -0.969. The summed E-state index contributed by atoms with van der Waals surface area (Å²) in [6, 6.07) is 6.21. The second-order valence-corrected chi connectivity index (χ2v) is 5.70. The summed E-state index contributed by atoms with van der Waals surface area (Å²) in [5.41, 5.74) is 0.214. The standard InChI is InChI=1S/C12H14O4S/c13-12(14)9-3-5-10(6-4-9)17(15)11-2-1-7-16-8-11/h3-6,11H,1-2,7-8H2,(H,13,14). The molecule has 1 aromatic carbocycles. The fourth-order valence-electron chi connectivity index (χ4n) is 1.80. The molecule has 0 aromatic heterocycles. The number of carbonyl (C=O) groups is 1. The van der Waals surface area contributed by atoms with Gasteiger partial charge in [0.2, 0.25) is 0 Å². The van der Waals surface area contributed by atoms with Gasteiger partial charge in [-0.1, -0.05) is 0 Å². The monoisotopic (exact) mass is 254 g/mol. The van der Waals surface area contributed by atoms with Crippen molar-refractivity contribution >= 4 is 16.8 Å². The van der Waals surface area contributed by atoms with Crippen molar-refractivity contribution in [3.05, 3.63) is 29.8 Å². The average molecular weight is 254 g/mol. The molecule has 1 heterocycles. The van der Waals surface area contributed by atoms with Crippen molar-refractivity contribution in [2.75, 3.05) is 13.2 Å². The van der Waals surface area contributed by atoms with Gasteiger partial charge >= 0.3 is 5.97 Å². The minimum atomic E-state index is -1.11. The van der Waals surface area contributed by atoms with Crippen LogP contribution < -0.4 is 0 Å². The van der Waals surface area contributed by atoms with Gasteiger partial charge in [0.15, 0.2) is 0 Å². The Hall–Kier alpha value is -1.20. The molecule has 1 saturated heterocycles. The van der Waals surface area contributed by atoms with E-state index < -0.39 is 16.8 Å². The van der Waals surface area contributed by atoms with E-state index in [1.54, 1.807) is 12.1 Å². The predicted octanol–water partition coefficient (Wildman–Crippen LogP) is 1.67. The maximum atomic E-state index is 12.2. The highest BCUT2D eigenvalue weighted by atomic mass is 32.2. The largest absolute Gasteiger partial charge is 0.478 e. The smallest absolute Gasteiger partial charge is 0.335 e. The molecule has 1 aliphatic rings. The number of carboxylic acid groups (broad SMARTS) is 1. The lowest BCUT2D eigenvalue weighted by Crippen LogP contribution is -2.26. The Bertz CT molecular complexity index is 421. The minimum Gasteiger partial charge on any atom is -0.478 e. The molecule has 2 rings (SSSR count). The van der Waals surface area contributed by atoms with Gasteiger partial charge in [0.25, 0.3) is 0 Å². The van der Waals surface area contributed by atoms with Crippen molar-refractivity contribution in [1.82, 2.24) is 0 Å². The fourth-order valence-corrected chi connectivity index (χ4v) is 3.19. The lowest BCUT2D eigenvalue weighted by Gasteiger charge is -2.21. The molecule has 0 amide bonds. The van der Waals surface area contributed by atoms with Crippen molar-refractivity contribution < 1.29 is 18.8 Å². The molecule has 92 valence electrons. The second kappa shape index (κ2) is 5.42. The van der Waals surface area contributed by atoms with Gasteiger partial charge < -0.3 is 9.84 Å². The third-order valence-electron chi connectivity index (χ3n) is 2.75. The van der Waals surface area contributed by atoms with Crippen LogP contribution >= 0.6 is 0 Å². The number of rotatable bonds is 3. The molecular weight excluding hydrogens is 240 g/mol. The van der Waals surface area contributed by atoms with Crippen LogP contribution in [0.25, 0.3) is 0 Å². The molecule has 1 aromatic rings. The summed E-state index contributed by atoms with van der Waals surface area (Å²) in [4.78, 5) is 11.4. The van der Waals surface area contributed by atoms with E-state index in [1.165, 1.54) is 12.1 Å². The molecule has 2 unspecified atom stereocenters. The number of aromatic carboxylic acids is 1. The second-order valence-electron chi connectivity index (χ2n) is 3.97. The molecule has 0 aliphatic carbocycles. The Morgan fingerprint density at radius 3 is 2.59 bits per heavy atom. The van der Waals surface area contributed by atoms with Crippen LogP contribution in [0.2, 0.25) is 0 Å². The normalized spacial score (nSPS) is 22.0. The van der Waals surface area contributed by atoms with Crippen LogP contribution in [0.1, 0.15) is 23.2 Å². The molecule has 0 spiro atoms. The van der Waals surface area contributed by atoms with Gasteiger partial charge in [-0.15, -0.1) is 0 Å². The third-order valence-corrected chi connectivity index (χ3v) is 4.47. The molecule has 17 heavy (non-hydrogen) atoms. The predicted molar refractivity (Wildman–Crippen MR) is 63.7 cm³/mol. The highest BCUT2D eigenvalue weighted by molar-refractivity contribution is 7.85. The summed E-state index contributed by atoms with van der Waals surface area (Å²) < 4.78 is 17.5. The quantitative estimate of drug-likeness (QED) is 0.891. The number of hydrogen-bond donors (Lipinski definition) is 1. The molecule has 1 fully saturated rings. The maximum Gasteiger partial charge on any atom is 0.335 e. The fraction of sp³-hybridized carbons (Fsp3) is 0.417. The number of hydrogen-bond acceptors (Lipinski definition) is 3. The Kier molecular flexibility index (Phi) is 3.91. The molecule has 1 aliphatic heterocycles. The molecule has 0 radical (unpaired) electrons. The van der Waals surface area contributed by atoms with Gasteiger partial charge in [-0.2, -0.15) is 0 Å². The maximum absolute atomic E-state index is 12.2. The van der Waals surface area contributed by atoms with Gasteiger partial charge in [0.05, 0.1) is 28.2 Å². The number of ether oxygens (including phenoxy) is 1. The van der Waals surface area contributed by atoms with Crippen LogP contribution in [0.4, 0.5) is 0 Å². The highest BCUT2D eigenvalue weighted by Crippen LogP contribution is 2.19. The van der Waals surface area contributed by atoms with E-state index in [-0.39, 0.29) is 10.8 Å². The lowest BCUT2D eigenvalue weighted by molar-refractivity contribution is 0.0696. The van der Waals surface area contributed by atoms with E-state index in [0.717, 1.165) is 19.4 Å². The first-order chi connectivity index (χ1) is 8.18. The summed E-state index contributed by atoms with van der Waals surface area (Å²) in [6.07, 6.45) is 1.83. The number of carboxylic acids is 1. The van der Waals surface area contributed by atoms with Gasteiger partial charge in [0.1, 0.15) is 0 Å². The Balaban J connectivity index is 2.10. The lowest BCUT2D eigenvalue weighted by atomic mass is 10.2. The van der Waals surface area contributed by atoms with Crippen LogP contribution in [0.3, 0.4) is 0 Å². The van der Waals surface area contributed by atoms with Gasteiger partial charge in [-0.3, -0.25) is 4.21 Å². The Morgan fingerprint density at radius 1 is 1.35 bits per heavy atom. The highest BCUT2D eigenvalue weighted by Gasteiger charge is 2.21. The Morgan fingerprint density at radius 2 is 2.06 bits per heavy atom. The van der Waals surface area contributed by atoms with E-state index in [1.807, 2.05) is 0 Å². The molecule has 0 saturated carbocycles. The first-order valence-electron chi connectivity index (χ1n) is 5.50. The first kappa shape index (κ1) is 12.3. The van der Waals surface area contributed by atoms with Gasteiger partial charge in [-0.25, -0.2) is 4.79 Å². The van der Waals surface area contributed by atoms with Crippen molar-refractivity contribution in [1.29, 1.82) is 0 Å². The van der Waals surface area contributed by atoms with Crippen molar-refractivity contribution in [3.8, 4) is 0 Å². The van der Waals surface area contributed by atoms with E-state index >= 15 is 0 Å². The minimum absolute atomic E-state index is 0.0272. The molecule has 5 heteroatoms. The Labute approximate surface area is 102 Å². The summed E-state index contributed by atoms with van der Waals surface area (Å²) in [5, 5.41) is 8.79. The molecule has 2 atom stereocenters. The van der Waals surface area contributed by atoms with E-state index in [9.17, 15) is 9.00 Å². The number of benzene rings is 1. The molecule has 4 nitrogen and oxygen atoms in total. The molecular formula is C12H14O4S. The van der Waals surface area contributed by atoms with Gasteiger partial charge in [0, 0.05) is 11.5 Å². The zero-order valence-electron chi connectivity index (χ0n) is 9.30. The van der Waals surface area contributed by atoms with Crippen LogP contribution in [0.5, 0.6) is 0 Å². The van der Waals surface area contributed by atoms with E-state index in [4.69, 9.17) is 9.84 Å². The zero-order valence-corrected chi connectivity index (χ0v) is 10.1. The average Bonchev–Trinajstić information content (AvgIpc) is 2.39. The summed E-state index contributed by atoms with van der Waals surface area (Å²) >= 11 is 0. The van der Waals surface area contributed by atoms with Crippen molar-refractivity contribution in [3.63, 3.8) is 0 Å². The third kappa shape index (κ3) is 2.92. The van der Waals surface area contributed by atoms with E-state index in [0.29, 0.717) is 11.5 Å². The van der Waals surface area contributed by atoms with Crippen molar-refractivity contribution in [2.24, 2.45) is 0 Å². The summed E-state index contributed by atoms with van der Waals surface area (Å²) in [6.45, 7) is 1.26. The van der Waals surface area contributed by atoms with Gasteiger partial charge in [-0.05, 0) is 37.1 Å². The van der Waals surface area contributed by atoms with Crippen LogP contribution in [0, 0.1) is 0 Å². The SMILES string of the molecule is O=C(O)c1ccc(S(=O)C2CCCOC2)cc1. The van der Waals surface area contributed by atoms with Crippen LogP contribution in [-0.4, -0.2) is 33.7 Å².